The number of hydrogen-bond donors (Lipinski definition) is 3. The van der Waals surface area contributed by atoms with Gasteiger partial charge >= 0.3 is 0 Å². The topological polar surface area (TPSA) is 110 Å². The van der Waals surface area contributed by atoms with Gasteiger partial charge in [-0.15, -0.1) is 0 Å². The number of benzene rings is 1. The number of nitrogens with zero attached hydrogens (tertiary/aromatic N) is 3. The van der Waals surface area contributed by atoms with E-state index in [4.69, 9.17) is 11.5 Å². The lowest BCUT2D eigenvalue weighted by Gasteiger charge is -2.25. The molecule has 1 aromatic carbocycles. The molecule has 1 fully saturated rings. The first-order valence-electron chi connectivity index (χ1n) is 9.62. The number of amidine groups is 1. The molecule has 3 rings (SSSR count). The van der Waals surface area contributed by atoms with Crippen LogP contribution in [0.3, 0.4) is 0 Å². The van der Waals surface area contributed by atoms with Crippen molar-refractivity contribution in [2.45, 2.75) is 25.7 Å². The fourth-order valence-electron chi connectivity index (χ4n) is 3.37. The molecule has 1 amide bonds. The second-order valence-electron chi connectivity index (χ2n) is 6.81. The number of nitrogen functional groups attached to an aromatic ring is 1. The van der Waals surface area contributed by atoms with Gasteiger partial charge in [0, 0.05) is 26.3 Å². The maximum absolute atomic E-state index is 14.1. The van der Waals surface area contributed by atoms with Gasteiger partial charge in [-0.2, -0.15) is 0 Å². The van der Waals surface area contributed by atoms with E-state index in [0.29, 0.717) is 11.5 Å². The maximum Gasteiger partial charge on any atom is 0.277 e. The zero-order chi connectivity index (χ0) is 21.7. The fraction of sp³-hybridized carbons (Fsp3) is 0.350. The van der Waals surface area contributed by atoms with Gasteiger partial charge in [-0.3, -0.25) is 9.79 Å². The molecule has 0 unspecified atom stereocenters. The molecule has 0 atom stereocenters. The number of carbonyl (C=O) groups is 1. The number of anilines is 1. The highest BCUT2D eigenvalue weighted by atomic mass is 32.1. The molecule has 0 saturated carbocycles. The minimum Gasteiger partial charge on any atom is -0.403 e. The number of amides is 1. The predicted octanol–water partition coefficient (Wildman–Crippen LogP) is 3.10. The largest absolute Gasteiger partial charge is 0.403 e. The Morgan fingerprint density at radius 3 is 2.43 bits per heavy atom. The van der Waals surface area contributed by atoms with E-state index in [-0.39, 0.29) is 21.3 Å². The average molecular weight is 435 g/mol. The summed E-state index contributed by atoms with van der Waals surface area (Å²) < 4.78 is 28.1. The van der Waals surface area contributed by atoms with Crippen molar-refractivity contribution in [3.8, 4) is 10.6 Å². The van der Waals surface area contributed by atoms with Gasteiger partial charge in [0.25, 0.3) is 5.91 Å². The van der Waals surface area contributed by atoms with E-state index in [9.17, 15) is 13.6 Å². The normalized spacial score (nSPS) is 15.8. The second kappa shape index (κ2) is 9.66. The van der Waals surface area contributed by atoms with Crippen LogP contribution in [0.25, 0.3) is 10.6 Å². The van der Waals surface area contributed by atoms with Crippen LogP contribution >= 0.6 is 11.3 Å². The molecule has 0 bridgehead atoms. The maximum atomic E-state index is 14.1. The van der Waals surface area contributed by atoms with Gasteiger partial charge in [0.05, 0.1) is 11.3 Å². The minimum atomic E-state index is -0.778. The van der Waals surface area contributed by atoms with Crippen LogP contribution in [0.5, 0.6) is 0 Å². The smallest absolute Gasteiger partial charge is 0.277 e. The summed E-state index contributed by atoms with van der Waals surface area (Å²) in [4.78, 5) is 23.3. The summed E-state index contributed by atoms with van der Waals surface area (Å²) in [7, 11) is 1.63. The number of nitrogens with one attached hydrogen (secondary N) is 1. The molecule has 1 aliphatic heterocycles. The van der Waals surface area contributed by atoms with Gasteiger partial charge in [0.2, 0.25) is 0 Å². The molecule has 5 N–H and O–H groups in total. The molecule has 10 heteroatoms. The van der Waals surface area contributed by atoms with Gasteiger partial charge in [0.15, 0.2) is 5.69 Å². The summed E-state index contributed by atoms with van der Waals surface area (Å²) in [6, 6.07) is 3.50. The van der Waals surface area contributed by atoms with E-state index < -0.39 is 17.5 Å². The molecule has 0 spiro atoms. The van der Waals surface area contributed by atoms with Crippen LogP contribution in [-0.2, 0) is 0 Å². The van der Waals surface area contributed by atoms with Crippen LogP contribution in [0.15, 0.2) is 35.1 Å². The number of carbonyl (C=O) groups excluding carboxylic acids is 1. The number of thiazole rings is 1. The SMILES string of the molecule is CN=C(/C(=C\N)NC(=O)c1nc(-c2c(F)cccc2F)sc1N)N1CCCCCC1. The Morgan fingerprint density at radius 1 is 1.23 bits per heavy atom. The van der Waals surface area contributed by atoms with E-state index in [1.807, 2.05) is 0 Å². The number of likely N-dealkylation sites (tertiary alicyclic amines) is 1. The lowest BCUT2D eigenvalue weighted by molar-refractivity contribution is 0.0964. The molecule has 1 aromatic heterocycles. The quantitative estimate of drug-likeness (QED) is 0.506. The lowest BCUT2D eigenvalue weighted by atomic mass is 10.2. The highest BCUT2D eigenvalue weighted by Crippen LogP contribution is 2.33. The molecule has 1 saturated heterocycles. The first-order chi connectivity index (χ1) is 14.5. The van der Waals surface area contributed by atoms with E-state index >= 15 is 0 Å². The number of rotatable bonds is 4. The third-order valence-electron chi connectivity index (χ3n) is 4.82. The number of nitrogens with two attached hydrogens (primary N) is 2. The first kappa shape index (κ1) is 21.7. The molecular weight excluding hydrogens is 410 g/mol. The molecule has 0 radical (unpaired) electrons. The number of aliphatic imine (C=N–C) groups is 1. The number of hydrogen-bond acceptors (Lipinski definition) is 6. The number of aromatic nitrogens is 1. The van der Waals surface area contributed by atoms with Gasteiger partial charge in [-0.1, -0.05) is 30.2 Å². The van der Waals surface area contributed by atoms with Gasteiger partial charge in [-0.25, -0.2) is 13.8 Å². The van der Waals surface area contributed by atoms with Crippen LogP contribution in [0.4, 0.5) is 13.8 Å². The second-order valence-corrected chi connectivity index (χ2v) is 7.84. The zero-order valence-corrected chi connectivity index (χ0v) is 17.4. The molecule has 7 nitrogen and oxygen atoms in total. The van der Waals surface area contributed by atoms with Crippen molar-refractivity contribution in [2.75, 3.05) is 25.9 Å². The molecule has 0 aliphatic carbocycles. The van der Waals surface area contributed by atoms with Gasteiger partial charge in [-0.05, 0) is 25.0 Å². The highest BCUT2D eigenvalue weighted by Gasteiger charge is 2.24. The van der Waals surface area contributed by atoms with E-state index in [2.05, 4.69) is 20.2 Å². The van der Waals surface area contributed by atoms with Crippen LogP contribution in [0.2, 0.25) is 0 Å². The Labute approximate surface area is 177 Å². The fourth-order valence-corrected chi connectivity index (χ4v) is 4.25. The van der Waals surface area contributed by atoms with E-state index in [0.717, 1.165) is 62.2 Å². The Morgan fingerprint density at radius 2 is 1.87 bits per heavy atom. The average Bonchev–Trinajstić information content (AvgIpc) is 2.91. The predicted molar refractivity (Wildman–Crippen MR) is 115 cm³/mol. The van der Waals surface area contributed by atoms with Crippen LogP contribution in [-0.4, -0.2) is 41.8 Å². The molecular formula is C20H24F2N6OS. The summed E-state index contributed by atoms with van der Waals surface area (Å²) >= 11 is 0.838. The third kappa shape index (κ3) is 4.59. The zero-order valence-electron chi connectivity index (χ0n) is 16.6. The molecule has 2 aromatic rings. The van der Waals surface area contributed by atoms with Crippen molar-refractivity contribution in [3.05, 3.63) is 47.4 Å². The van der Waals surface area contributed by atoms with Crippen molar-refractivity contribution >= 4 is 28.1 Å². The Bertz CT molecular complexity index is 959. The molecule has 30 heavy (non-hydrogen) atoms. The van der Waals surface area contributed by atoms with E-state index in [1.165, 1.54) is 12.3 Å². The van der Waals surface area contributed by atoms with Gasteiger partial charge < -0.3 is 21.7 Å². The number of halogens is 2. The standard InChI is InChI=1S/C20H24F2N6OS/c1-25-18(28-9-4-2-3-5-10-28)14(11-23)26-19(29)16-17(24)30-20(27-16)15-12(21)7-6-8-13(15)22/h6-8,11H,2-5,9-10,23-24H2,1H3,(H,26,29)/b14-11+,25-18?. The van der Waals surface area contributed by atoms with Crippen molar-refractivity contribution in [2.24, 2.45) is 10.7 Å². The summed E-state index contributed by atoms with van der Waals surface area (Å²) in [6.07, 6.45) is 5.62. The Hall–Kier alpha value is -3.01. The Balaban J connectivity index is 1.83. The van der Waals surface area contributed by atoms with E-state index in [1.54, 1.807) is 7.05 Å². The third-order valence-corrected chi connectivity index (χ3v) is 5.72. The summed E-state index contributed by atoms with van der Waals surface area (Å²) in [5.74, 6) is -1.61. The summed E-state index contributed by atoms with van der Waals surface area (Å²) in [5.41, 5.74) is 11.6. The monoisotopic (exact) mass is 434 g/mol. The molecule has 2 heterocycles. The highest BCUT2D eigenvalue weighted by molar-refractivity contribution is 7.19. The van der Waals surface area contributed by atoms with Crippen LogP contribution in [0.1, 0.15) is 36.2 Å². The Kier molecular flexibility index (Phi) is 6.99. The molecule has 1 aliphatic rings. The van der Waals surface area contributed by atoms with Gasteiger partial charge in [0.1, 0.15) is 27.5 Å². The van der Waals surface area contributed by atoms with Crippen molar-refractivity contribution in [3.63, 3.8) is 0 Å². The van der Waals surface area contributed by atoms with Crippen LogP contribution < -0.4 is 16.8 Å². The minimum absolute atomic E-state index is 0.0107. The van der Waals surface area contributed by atoms with Crippen molar-refractivity contribution in [1.82, 2.24) is 15.2 Å². The van der Waals surface area contributed by atoms with Crippen molar-refractivity contribution in [1.29, 1.82) is 0 Å². The summed E-state index contributed by atoms with van der Waals surface area (Å²) in [5, 5.41) is 2.72. The summed E-state index contributed by atoms with van der Waals surface area (Å²) in [6.45, 7) is 1.63. The lowest BCUT2D eigenvalue weighted by Crippen LogP contribution is -2.39. The molecule has 160 valence electrons. The van der Waals surface area contributed by atoms with Crippen LogP contribution in [0, 0.1) is 11.6 Å². The first-order valence-corrected chi connectivity index (χ1v) is 10.4. The van der Waals surface area contributed by atoms with Crippen molar-refractivity contribution < 1.29 is 13.6 Å².